The van der Waals surface area contributed by atoms with Crippen LogP contribution in [0, 0.1) is 5.92 Å². The summed E-state index contributed by atoms with van der Waals surface area (Å²) >= 11 is 6.19. The Morgan fingerprint density at radius 1 is 1.38 bits per heavy atom. The molecule has 1 amide bonds. The maximum absolute atomic E-state index is 11.9. The maximum atomic E-state index is 11.9. The Morgan fingerprint density at radius 2 is 2.14 bits per heavy atom. The molecule has 3 radical (unpaired) electrons. The fourth-order valence-corrected chi connectivity index (χ4v) is 4.33. The Kier molecular flexibility index (Phi) is 9.31. The van der Waals surface area contributed by atoms with E-state index in [0.29, 0.717) is 24.6 Å². The number of amides is 1. The van der Waals surface area contributed by atoms with Crippen LogP contribution in [0.5, 0.6) is 5.75 Å². The number of carbonyl (C=O) groups excluding carboxylic acids is 1. The molecule has 1 aromatic carbocycles. The summed E-state index contributed by atoms with van der Waals surface area (Å²) in [6.45, 7) is 11.8. The van der Waals surface area contributed by atoms with Gasteiger partial charge in [-0.1, -0.05) is 11.6 Å². The molecular formula is C22H34ClN2O3Si. The second-order valence-electron chi connectivity index (χ2n) is 8.63. The van der Waals surface area contributed by atoms with Crippen LogP contribution in [-0.4, -0.2) is 59.6 Å². The van der Waals surface area contributed by atoms with E-state index in [1.807, 2.05) is 45.9 Å². The summed E-state index contributed by atoms with van der Waals surface area (Å²) in [6.07, 6.45) is 2.73. The van der Waals surface area contributed by atoms with Crippen molar-refractivity contribution in [2.75, 3.05) is 32.8 Å². The number of nitrogens with zero attached hydrogens (tertiary/aromatic N) is 1. The molecule has 1 aliphatic heterocycles. The largest absolute Gasteiger partial charge is 0.494 e. The van der Waals surface area contributed by atoms with Gasteiger partial charge >= 0.3 is 6.09 Å². The van der Waals surface area contributed by atoms with Crippen LogP contribution in [0.4, 0.5) is 4.79 Å². The number of hydrogen-bond acceptors (Lipinski definition) is 4. The second kappa shape index (κ2) is 11.2. The lowest BCUT2D eigenvalue weighted by Crippen LogP contribution is -2.37. The Labute approximate surface area is 183 Å². The van der Waals surface area contributed by atoms with Crippen molar-refractivity contribution >= 4 is 27.9 Å². The van der Waals surface area contributed by atoms with Gasteiger partial charge < -0.3 is 19.7 Å². The van der Waals surface area contributed by atoms with E-state index in [-0.39, 0.29) is 6.09 Å². The van der Waals surface area contributed by atoms with Crippen molar-refractivity contribution in [2.45, 2.75) is 58.1 Å². The van der Waals surface area contributed by atoms with Gasteiger partial charge in [-0.2, -0.15) is 0 Å². The highest BCUT2D eigenvalue weighted by Crippen LogP contribution is 2.27. The van der Waals surface area contributed by atoms with E-state index in [9.17, 15) is 4.79 Å². The van der Waals surface area contributed by atoms with Crippen molar-refractivity contribution in [1.82, 2.24) is 10.2 Å². The Hall–Kier alpha value is -1.24. The highest BCUT2D eigenvalue weighted by molar-refractivity contribution is 6.30. The molecule has 29 heavy (non-hydrogen) atoms. The average molecular weight is 438 g/mol. The molecule has 2 rings (SSSR count). The number of likely N-dealkylation sites (tertiary alicyclic amines) is 1. The number of benzene rings is 1. The van der Waals surface area contributed by atoms with Crippen LogP contribution >= 0.6 is 11.6 Å². The summed E-state index contributed by atoms with van der Waals surface area (Å²) in [6, 6.07) is 5.83. The molecule has 0 aromatic heterocycles. The predicted octanol–water partition coefficient (Wildman–Crippen LogP) is 4.47. The lowest BCUT2D eigenvalue weighted by molar-refractivity contribution is 0.0518. The first-order chi connectivity index (χ1) is 13.7. The van der Waals surface area contributed by atoms with Gasteiger partial charge in [0.1, 0.15) is 11.4 Å². The van der Waals surface area contributed by atoms with E-state index >= 15 is 0 Å². The zero-order valence-electron chi connectivity index (χ0n) is 18.1. The lowest BCUT2D eigenvalue weighted by Gasteiger charge is -2.26. The highest BCUT2D eigenvalue weighted by Gasteiger charge is 2.25. The van der Waals surface area contributed by atoms with Crippen LogP contribution in [0.3, 0.4) is 0 Å². The van der Waals surface area contributed by atoms with Gasteiger partial charge in [-0.05, 0) is 95.3 Å². The van der Waals surface area contributed by atoms with Crippen LogP contribution in [0.2, 0.25) is 10.6 Å². The van der Waals surface area contributed by atoms with Gasteiger partial charge in [-0.25, -0.2) is 4.79 Å². The van der Waals surface area contributed by atoms with Crippen LogP contribution < -0.4 is 10.1 Å². The Morgan fingerprint density at radius 3 is 2.83 bits per heavy atom. The number of carbonyl (C=O) groups is 1. The molecule has 5 nitrogen and oxygen atoms in total. The summed E-state index contributed by atoms with van der Waals surface area (Å²) in [7, 11) is 3.91. The summed E-state index contributed by atoms with van der Waals surface area (Å²) in [5.74, 6) is 1.30. The fourth-order valence-electron chi connectivity index (χ4n) is 3.59. The van der Waals surface area contributed by atoms with Gasteiger partial charge in [0.25, 0.3) is 0 Å². The number of ether oxygens (including phenoxy) is 2. The van der Waals surface area contributed by atoms with E-state index in [1.165, 1.54) is 0 Å². The molecule has 1 fully saturated rings. The van der Waals surface area contributed by atoms with Crippen molar-refractivity contribution in [3.05, 3.63) is 28.8 Å². The van der Waals surface area contributed by atoms with Crippen molar-refractivity contribution < 1.29 is 14.3 Å². The summed E-state index contributed by atoms with van der Waals surface area (Å²) < 4.78 is 11.1. The number of nitrogens with one attached hydrogen (secondary N) is 1. The number of alkyl carbamates (subject to hydrolysis) is 1. The molecule has 1 heterocycles. The van der Waals surface area contributed by atoms with Gasteiger partial charge in [0.2, 0.25) is 0 Å². The van der Waals surface area contributed by atoms with Crippen LogP contribution in [0.15, 0.2) is 18.2 Å². The molecule has 161 valence electrons. The number of hydrogen-bond donors (Lipinski definition) is 1. The molecule has 0 bridgehead atoms. The molecule has 1 saturated heterocycles. The number of rotatable bonds is 7. The first kappa shape index (κ1) is 24.0. The summed E-state index contributed by atoms with van der Waals surface area (Å²) in [5, 5.41) is 3.67. The molecule has 0 saturated carbocycles. The third kappa shape index (κ3) is 8.57. The normalized spacial score (nSPS) is 20.8. The second-order valence-corrected chi connectivity index (χ2v) is 9.81. The van der Waals surface area contributed by atoms with Gasteiger partial charge in [0, 0.05) is 28.4 Å². The van der Waals surface area contributed by atoms with Crippen LogP contribution in [-0.2, 0) is 11.2 Å². The summed E-state index contributed by atoms with van der Waals surface area (Å²) in [5.41, 5.74) is 0.994. The molecule has 1 aliphatic rings. The molecular weight excluding hydrogens is 404 g/mol. The minimum Gasteiger partial charge on any atom is -0.494 e. The van der Waals surface area contributed by atoms with Crippen LogP contribution in [0.1, 0.15) is 46.1 Å². The molecule has 0 aliphatic carbocycles. The van der Waals surface area contributed by atoms with Crippen molar-refractivity contribution in [3.8, 4) is 5.75 Å². The lowest BCUT2D eigenvalue weighted by atomic mass is 10.0. The maximum Gasteiger partial charge on any atom is 0.407 e. The van der Waals surface area contributed by atoms with Crippen molar-refractivity contribution in [1.29, 1.82) is 0 Å². The topological polar surface area (TPSA) is 50.8 Å². The van der Waals surface area contributed by atoms with E-state index < -0.39 is 5.60 Å². The molecule has 0 spiro atoms. The fraction of sp³-hybridized carbons (Fsp3) is 0.682. The Bertz CT molecular complexity index is 666. The third-order valence-electron chi connectivity index (χ3n) is 5.00. The van der Waals surface area contributed by atoms with E-state index in [2.05, 4.69) is 20.5 Å². The van der Waals surface area contributed by atoms with E-state index in [0.717, 1.165) is 55.2 Å². The smallest absolute Gasteiger partial charge is 0.407 e. The quantitative estimate of drug-likeness (QED) is 0.639. The van der Waals surface area contributed by atoms with Crippen LogP contribution in [0.25, 0.3) is 0 Å². The van der Waals surface area contributed by atoms with Gasteiger partial charge in [-0.15, -0.1) is 0 Å². The van der Waals surface area contributed by atoms with Crippen molar-refractivity contribution in [2.24, 2.45) is 5.92 Å². The minimum atomic E-state index is -0.474. The highest BCUT2D eigenvalue weighted by atomic mass is 35.5. The molecule has 7 heteroatoms. The molecule has 1 unspecified atom stereocenters. The molecule has 1 N–H and O–H groups in total. The molecule has 1 aromatic rings. The first-order valence-electron chi connectivity index (χ1n) is 10.5. The zero-order chi connectivity index (χ0) is 21.4. The third-order valence-corrected chi connectivity index (χ3v) is 5.89. The predicted molar refractivity (Wildman–Crippen MR) is 119 cm³/mol. The minimum absolute atomic E-state index is 0.318. The first-order valence-corrected chi connectivity index (χ1v) is 11.4. The van der Waals surface area contributed by atoms with Gasteiger partial charge in [0.05, 0.1) is 6.61 Å². The monoisotopic (exact) mass is 437 g/mol. The summed E-state index contributed by atoms with van der Waals surface area (Å²) in [4.78, 5) is 14.4. The van der Waals surface area contributed by atoms with E-state index in [1.54, 1.807) is 0 Å². The average Bonchev–Trinajstić information content (AvgIpc) is 2.80. The Balaban J connectivity index is 1.85. The van der Waals surface area contributed by atoms with Gasteiger partial charge in [-0.3, -0.25) is 0 Å². The molecule has 2 atom stereocenters. The number of halogens is 1. The zero-order valence-corrected chi connectivity index (χ0v) is 19.8. The van der Waals surface area contributed by atoms with Crippen molar-refractivity contribution in [3.63, 3.8) is 0 Å². The van der Waals surface area contributed by atoms with E-state index in [4.69, 9.17) is 21.1 Å². The standard InChI is InChI=1S/C22H34ClN2O3Si/c1-5-27-19-9-8-18(23)13-16(19)10-12-25-11-6-7-17(20(29)15-25)14-24-21(26)28-22(2,3)4/h8-9,13,17,20H,5-7,10-12,14-15H2,1-4H3,(H,24,26)/t17-,20?/m0/s1. The van der Waals surface area contributed by atoms with Gasteiger partial charge in [0.15, 0.2) is 0 Å². The SMILES string of the molecule is CCOc1ccc(Cl)cc1CCN1CCC[C@@H](CNC(=O)OC(C)(C)C)C([Si])C1.